The second kappa shape index (κ2) is 5.35. The molecule has 0 aromatic carbocycles. The van der Waals surface area contributed by atoms with Gasteiger partial charge >= 0.3 is 0 Å². The maximum Gasteiger partial charge on any atom is 0.120 e. The molecule has 0 aliphatic heterocycles. The largest absolute Gasteiger partial charge is 0.378 e. The van der Waals surface area contributed by atoms with Crippen LogP contribution in [0.1, 0.15) is 31.0 Å². The van der Waals surface area contributed by atoms with Gasteiger partial charge in [-0.05, 0) is 31.4 Å². The highest BCUT2D eigenvalue weighted by Gasteiger charge is 2.28. The SMILES string of the molecule is CCOC1CC(NCc2cc(C#N)n(C)c2)C1. The summed E-state index contributed by atoms with van der Waals surface area (Å²) in [6, 6.07) is 4.67. The van der Waals surface area contributed by atoms with Gasteiger partial charge in [-0.2, -0.15) is 5.26 Å². The number of aryl methyl sites for hydroxylation is 1. The van der Waals surface area contributed by atoms with Crippen LogP contribution in [0.15, 0.2) is 12.3 Å². The quantitative estimate of drug-likeness (QED) is 0.839. The summed E-state index contributed by atoms with van der Waals surface area (Å²) >= 11 is 0. The molecule has 1 heterocycles. The second-order valence-electron chi connectivity index (χ2n) is 4.58. The fourth-order valence-electron chi connectivity index (χ4n) is 2.21. The average Bonchev–Trinajstić information content (AvgIpc) is 2.62. The molecule has 1 fully saturated rings. The molecule has 1 saturated carbocycles. The van der Waals surface area contributed by atoms with E-state index in [1.807, 2.05) is 30.8 Å². The molecule has 1 N–H and O–H groups in total. The highest BCUT2D eigenvalue weighted by atomic mass is 16.5. The number of nitriles is 1. The van der Waals surface area contributed by atoms with E-state index in [1.165, 1.54) is 5.56 Å². The number of ether oxygens (including phenoxy) is 1. The molecule has 17 heavy (non-hydrogen) atoms. The van der Waals surface area contributed by atoms with Gasteiger partial charge in [0, 0.05) is 32.4 Å². The molecule has 0 saturated heterocycles. The van der Waals surface area contributed by atoms with Crippen LogP contribution in [0.5, 0.6) is 0 Å². The molecule has 1 aliphatic carbocycles. The summed E-state index contributed by atoms with van der Waals surface area (Å²) in [5, 5.41) is 12.3. The van der Waals surface area contributed by atoms with Crippen molar-refractivity contribution in [3.05, 3.63) is 23.5 Å². The lowest BCUT2D eigenvalue weighted by molar-refractivity contribution is -0.0102. The minimum absolute atomic E-state index is 0.447. The van der Waals surface area contributed by atoms with E-state index in [9.17, 15) is 0 Å². The summed E-state index contributed by atoms with van der Waals surface area (Å²) in [7, 11) is 1.90. The number of hydrogen-bond donors (Lipinski definition) is 1. The summed E-state index contributed by atoms with van der Waals surface area (Å²) < 4.78 is 7.38. The Balaban J connectivity index is 1.74. The Labute approximate surface area is 102 Å². The van der Waals surface area contributed by atoms with Crippen molar-refractivity contribution in [2.45, 2.75) is 38.5 Å². The molecular formula is C13H19N3O. The molecule has 0 bridgehead atoms. The Morgan fingerprint density at radius 2 is 2.35 bits per heavy atom. The Kier molecular flexibility index (Phi) is 3.82. The third-order valence-corrected chi connectivity index (χ3v) is 3.27. The summed E-state index contributed by atoms with van der Waals surface area (Å²) in [4.78, 5) is 0. The Bertz CT molecular complexity index is 413. The van der Waals surface area contributed by atoms with Gasteiger partial charge in [0.2, 0.25) is 0 Å². The van der Waals surface area contributed by atoms with Crippen molar-refractivity contribution in [1.29, 1.82) is 5.26 Å². The fourth-order valence-corrected chi connectivity index (χ4v) is 2.21. The Morgan fingerprint density at radius 3 is 2.94 bits per heavy atom. The lowest BCUT2D eigenvalue weighted by Crippen LogP contribution is -2.45. The van der Waals surface area contributed by atoms with Crippen molar-refractivity contribution in [1.82, 2.24) is 9.88 Å². The van der Waals surface area contributed by atoms with Crippen LogP contribution in [0.4, 0.5) is 0 Å². The highest BCUT2D eigenvalue weighted by Crippen LogP contribution is 2.23. The third kappa shape index (κ3) is 2.87. The van der Waals surface area contributed by atoms with Crippen molar-refractivity contribution in [2.24, 2.45) is 7.05 Å². The van der Waals surface area contributed by atoms with E-state index in [0.717, 1.165) is 26.0 Å². The van der Waals surface area contributed by atoms with Gasteiger partial charge in [-0.3, -0.25) is 0 Å². The first-order valence-corrected chi connectivity index (χ1v) is 6.13. The molecule has 4 heteroatoms. The van der Waals surface area contributed by atoms with Gasteiger partial charge in [0.1, 0.15) is 11.8 Å². The summed E-state index contributed by atoms with van der Waals surface area (Å²) in [6.07, 6.45) is 4.66. The van der Waals surface area contributed by atoms with Crippen LogP contribution < -0.4 is 5.32 Å². The summed E-state index contributed by atoms with van der Waals surface area (Å²) in [5.41, 5.74) is 1.88. The third-order valence-electron chi connectivity index (χ3n) is 3.27. The minimum atomic E-state index is 0.447. The van der Waals surface area contributed by atoms with Crippen LogP contribution in [0.2, 0.25) is 0 Å². The molecule has 0 atom stereocenters. The van der Waals surface area contributed by atoms with Gasteiger partial charge in [0.15, 0.2) is 0 Å². The lowest BCUT2D eigenvalue weighted by Gasteiger charge is -2.35. The van der Waals surface area contributed by atoms with E-state index in [1.54, 1.807) is 0 Å². The first kappa shape index (κ1) is 12.2. The van der Waals surface area contributed by atoms with E-state index in [2.05, 4.69) is 11.4 Å². The van der Waals surface area contributed by atoms with Crippen molar-refractivity contribution >= 4 is 0 Å². The molecule has 2 rings (SSSR count). The van der Waals surface area contributed by atoms with Crippen LogP contribution >= 0.6 is 0 Å². The summed E-state index contributed by atoms with van der Waals surface area (Å²) in [6.45, 7) is 3.68. The fraction of sp³-hybridized carbons (Fsp3) is 0.615. The number of aromatic nitrogens is 1. The predicted molar refractivity (Wildman–Crippen MR) is 65.4 cm³/mol. The van der Waals surface area contributed by atoms with Crippen molar-refractivity contribution in [3.8, 4) is 6.07 Å². The zero-order valence-electron chi connectivity index (χ0n) is 10.4. The van der Waals surface area contributed by atoms with E-state index in [-0.39, 0.29) is 0 Å². The second-order valence-corrected chi connectivity index (χ2v) is 4.58. The summed E-state index contributed by atoms with van der Waals surface area (Å²) in [5.74, 6) is 0. The number of hydrogen-bond acceptors (Lipinski definition) is 3. The smallest absolute Gasteiger partial charge is 0.120 e. The number of nitrogens with one attached hydrogen (secondary N) is 1. The molecule has 4 nitrogen and oxygen atoms in total. The number of rotatable bonds is 5. The molecule has 0 amide bonds. The molecule has 1 aliphatic rings. The van der Waals surface area contributed by atoms with Gasteiger partial charge in [-0.25, -0.2) is 0 Å². The molecular weight excluding hydrogens is 214 g/mol. The first-order chi connectivity index (χ1) is 8.22. The predicted octanol–water partition coefficient (Wildman–Crippen LogP) is 1.55. The van der Waals surface area contributed by atoms with Crippen LogP contribution in [0, 0.1) is 11.3 Å². The van der Waals surface area contributed by atoms with Crippen LogP contribution in [0.25, 0.3) is 0 Å². The van der Waals surface area contributed by atoms with Gasteiger partial charge < -0.3 is 14.6 Å². The lowest BCUT2D eigenvalue weighted by atomic mass is 9.89. The molecule has 0 radical (unpaired) electrons. The molecule has 1 aromatic rings. The van der Waals surface area contributed by atoms with E-state index < -0.39 is 0 Å². The van der Waals surface area contributed by atoms with Crippen molar-refractivity contribution < 1.29 is 4.74 Å². The zero-order chi connectivity index (χ0) is 12.3. The monoisotopic (exact) mass is 233 g/mol. The maximum atomic E-state index is 8.85. The van der Waals surface area contributed by atoms with Gasteiger partial charge in [-0.1, -0.05) is 0 Å². The van der Waals surface area contributed by atoms with E-state index in [4.69, 9.17) is 10.00 Å². The topological polar surface area (TPSA) is 50.0 Å². The molecule has 1 aromatic heterocycles. The van der Waals surface area contributed by atoms with Gasteiger partial charge in [0.25, 0.3) is 0 Å². The zero-order valence-corrected chi connectivity index (χ0v) is 10.4. The Hall–Kier alpha value is -1.31. The van der Waals surface area contributed by atoms with Crippen LogP contribution in [-0.2, 0) is 18.3 Å². The van der Waals surface area contributed by atoms with E-state index >= 15 is 0 Å². The molecule has 0 unspecified atom stereocenters. The van der Waals surface area contributed by atoms with Crippen molar-refractivity contribution in [3.63, 3.8) is 0 Å². The highest BCUT2D eigenvalue weighted by molar-refractivity contribution is 5.28. The average molecular weight is 233 g/mol. The normalized spacial score (nSPS) is 23.1. The number of nitrogens with zero attached hydrogens (tertiary/aromatic N) is 2. The van der Waals surface area contributed by atoms with Crippen LogP contribution in [0.3, 0.4) is 0 Å². The van der Waals surface area contributed by atoms with Gasteiger partial charge in [0.05, 0.1) is 6.10 Å². The van der Waals surface area contributed by atoms with E-state index in [0.29, 0.717) is 17.8 Å². The molecule has 92 valence electrons. The first-order valence-electron chi connectivity index (χ1n) is 6.13. The Morgan fingerprint density at radius 1 is 1.59 bits per heavy atom. The standard InChI is InChI=1S/C13H19N3O/c1-3-17-13-5-11(6-13)15-8-10-4-12(7-14)16(2)9-10/h4,9,11,13,15H,3,5-6,8H2,1-2H3. The van der Waals surface area contributed by atoms with Crippen LogP contribution in [-0.4, -0.2) is 23.3 Å². The van der Waals surface area contributed by atoms with Gasteiger partial charge in [-0.15, -0.1) is 0 Å². The van der Waals surface area contributed by atoms with Crippen molar-refractivity contribution in [2.75, 3.05) is 6.61 Å². The minimum Gasteiger partial charge on any atom is -0.378 e. The maximum absolute atomic E-state index is 8.85. The molecule has 0 spiro atoms.